The molecule has 116 valence electrons. The lowest BCUT2D eigenvalue weighted by atomic mass is 10.2. The summed E-state index contributed by atoms with van der Waals surface area (Å²) < 4.78 is 0. The van der Waals surface area contributed by atoms with Gasteiger partial charge in [-0.25, -0.2) is 0 Å². The molecule has 2 amide bonds. The summed E-state index contributed by atoms with van der Waals surface area (Å²) in [7, 11) is 1.52. The molecule has 0 heterocycles. The van der Waals surface area contributed by atoms with Crippen molar-refractivity contribution in [1.29, 1.82) is 0 Å². The number of carbonyl (C=O) groups excluding carboxylic acids is 2. The maximum absolute atomic E-state index is 12.0. The molecule has 2 rings (SSSR count). The maximum Gasteiger partial charge on any atom is 0.267 e. The average molecular weight is 306 g/mol. The number of hydrogen-bond donors (Lipinski definition) is 2. The Labute approximate surface area is 135 Å². The lowest BCUT2D eigenvalue weighted by Gasteiger charge is -2.07. The van der Waals surface area contributed by atoms with Crippen molar-refractivity contribution in [3.63, 3.8) is 0 Å². The zero-order valence-corrected chi connectivity index (χ0v) is 12.8. The molecule has 0 unspecified atom stereocenters. The van der Waals surface area contributed by atoms with Gasteiger partial charge < -0.3 is 10.6 Å². The summed E-state index contributed by atoms with van der Waals surface area (Å²) in [4.78, 5) is 23.9. The summed E-state index contributed by atoms with van der Waals surface area (Å²) in [6.45, 7) is 0. The molecule has 0 bridgehead atoms. The molecule has 0 radical (unpaired) electrons. The van der Waals surface area contributed by atoms with Gasteiger partial charge in [0.25, 0.3) is 5.91 Å². The largest absolute Gasteiger partial charge is 0.354 e. The second-order valence-corrected chi connectivity index (χ2v) is 4.78. The SMILES string of the molecule is CNC(=O)C(=Cc1ccccc1)NC(=O)C=Cc1ccccc1. The van der Waals surface area contributed by atoms with Gasteiger partial charge in [-0.15, -0.1) is 0 Å². The highest BCUT2D eigenvalue weighted by atomic mass is 16.2. The number of amides is 2. The zero-order chi connectivity index (χ0) is 16.5. The summed E-state index contributed by atoms with van der Waals surface area (Å²) in [6, 6.07) is 18.8. The molecule has 0 aromatic heterocycles. The number of hydrogen-bond acceptors (Lipinski definition) is 2. The summed E-state index contributed by atoms with van der Waals surface area (Å²) in [5.41, 5.74) is 1.94. The molecular weight excluding hydrogens is 288 g/mol. The Morgan fingerprint density at radius 3 is 2.00 bits per heavy atom. The highest BCUT2D eigenvalue weighted by Crippen LogP contribution is 2.06. The minimum Gasteiger partial charge on any atom is -0.354 e. The van der Waals surface area contributed by atoms with Crippen molar-refractivity contribution in [3.8, 4) is 0 Å². The number of likely N-dealkylation sites (N-methyl/N-ethyl adjacent to an activating group) is 1. The van der Waals surface area contributed by atoms with Gasteiger partial charge in [0.1, 0.15) is 5.70 Å². The fraction of sp³-hybridized carbons (Fsp3) is 0.0526. The van der Waals surface area contributed by atoms with E-state index in [1.165, 1.54) is 13.1 Å². The summed E-state index contributed by atoms with van der Waals surface area (Å²) in [5, 5.41) is 5.13. The van der Waals surface area contributed by atoms with Gasteiger partial charge in [-0.1, -0.05) is 60.7 Å². The van der Waals surface area contributed by atoms with Crippen LogP contribution in [0.25, 0.3) is 12.2 Å². The van der Waals surface area contributed by atoms with Crippen LogP contribution in [-0.4, -0.2) is 18.9 Å². The third-order valence-corrected chi connectivity index (χ3v) is 3.07. The first-order valence-corrected chi connectivity index (χ1v) is 7.22. The van der Waals surface area contributed by atoms with Crippen LogP contribution in [0.15, 0.2) is 72.4 Å². The van der Waals surface area contributed by atoms with Crippen LogP contribution in [0.5, 0.6) is 0 Å². The van der Waals surface area contributed by atoms with Crippen LogP contribution in [-0.2, 0) is 9.59 Å². The van der Waals surface area contributed by atoms with E-state index in [1.807, 2.05) is 60.7 Å². The molecule has 0 saturated carbocycles. The van der Waals surface area contributed by atoms with Crippen molar-refractivity contribution in [1.82, 2.24) is 10.6 Å². The fourth-order valence-corrected chi connectivity index (χ4v) is 1.92. The Morgan fingerprint density at radius 2 is 1.43 bits per heavy atom. The first kappa shape index (κ1) is 16.2. The summed E-state index contributed by atoms with van der Waals surface area (Å²) in [6.07, 6.45) is 4.73. The van der Waals surface area contributed by atoms with Crippen molar-refractivity contribution in [2.24, 2.45) is 0 Å². The first-order valence-electron chi connectivity index (χ1n) is 7.22. The monoisotopic (exact) mass is 306 g/mol. The van der Waals surface area contributed by atoms with Gasteiger partial charge >= 0.3 is 0 Å². The Kier molecular flexibility index (Phi) is 5.89. The quantitative estimate of drug-likeness (QED) is 0.834. The van der Waals surface area contributed by atoms with Gasteiger partial charge in [0.15, 0.2) is 0 Å². The van der Waals surface area contributed by atoms with Gasteiger partial charge in [0, 0.05) is 13.1 Å². The molecule has 4 heteroatoms. The lowest BCUT2D eigenvalue weighted by Crippen LogP contribution is -2.32. The third-order valence-electron chi connectivity index (χ3n) is 3.07. The van der Waals surface area contributed by atoms with Crippen molar-refractivity contribution >= 4 is 24.0 Å². The van der Waals surface area contributed by atoms with E-state index in [0.29, 0.717) is 0 Å². The Balaban J connectivity index is 2.12. The normalized spacial score (nSPS) is 11.3. The Morgan fingerprint density at radius 1 is 0.870 bits per heavy atom. The average Bonchev–Trinajstić information content (AvgIpc) is 2.60. The molecule has 2 N–H and O–H groups in total. The molecule has 0 aliphatic carbocycles. The van der Waals surface area contributed by atoms with Gasteiger partial charge in [-0.2, -0.15) is 0 Å². The van der Waals surface area contributed by atoms with Crippen LogP contribution in [0, 0.1) is 0 Å². The van der Waals surface area contributed by atoms with Crippen molar-refractivity contribution in [3.05, 3.63) is 83.6 Å². The standard InChI is InChI=1S/C19H18N2O2/c1-20-19(23)17(14-16-10-6-3-7-11-16)21-18(22)13-12-15-8-4-2-5-9-15/h2-14H,1H3,(H,20,23)(H,21,22). The Bertz CT molecular complexity index is 720. The third kappa shape index (κ3) is 5.28. The highest BCUT2D eigenvalue weighted by molar-refractivity contribution is 6.04. The molecule has 0 spiro atoms. The van der Waals surface area contributed by atoms with Gasteiger partial charge in [-0.3, -0.25) is 9.59 Å². The molecule has 0 aliphatic heterocycles. The Hall–Kier alpha value is -3.14. The van der Waals surface area contributed by atoms with Crippen molar-refractivity contribution in [2.75, 3.05) is 7.05 Å². The summed E-state index contributed by atoms with van der Waals surface area (Å²) >= 11 is 0. The van der Waals surface area contributed by atoms with Crippen LogP contribution in [0.4, 0.5) is 0 Å². The fourth-order valence-electron chi connectivity index (χ4n) is 1.92. The molecular formula is C19H18N2O2. The van der Waals surface area contributed by atoms with E-state index in [0.717, 1.165) is 11.1 Å². The second kappa shape index (κ2) is 8.34. The molecule has 2 aromatic rings. The number of carbonyl (C=O) groups is 2. The van der Waals surface area contributed by atoms with E-state index in [1.54, 1.807) is 12.2 Å². The van der Waals surface area contributed by atoms with Crippen LogP contribution in [0.2, 0.25) is 0 Å². The predicted octanol–water partition coefficient (Wildman–Crippen LogP) is 2.60. The molecule has 0 aliphatic rings. The van der Waals surface area contributed by atoms with E-state index < -0.39 is 0 Å². The topological polar surface area (TPSA) is 58.2 Å². The molecule has 0 atom stereocenters. The van der Waals surface area contributed by atoms with Gasteiger partial charge in [-0.05, 0) is 23.3 Å². The number of nitrogens with one attached hydrogen (secondary N) is 2. The highest BCUT2D eigenvalue weighted by Gasteiger charge is 2.09. The molecule has 23 heavy (non-hydrogen) atoms. The minimum atomic E-state index is -0.361. The van der Waals surface area contributed by atoms with E-state index in [4.69, 9.17) is 0 Å². The first-order chi connectivity index (χ1) is 11.2. The van der Waals surface area contributed by atoms with Gasteiger partial charge in [0.05, 0.1) is 0 Å². The molecule has 0 fully saturated rings. The minimum absolute atomic E-state index is 0.196. The van der Waals surface area contributed by atoms with Crippen LogP contribution < -0.4 is 10.6 Å². The van der Waals surface area contributed by atoms with Crippen LogP contribution in [0.1, 0.15) is 11.1 Å². The van der Waals surface area contributed by atoms with E-state index in [9.17, 15) is 9.59 Å². The molecule has 2 aromatic carbocycles. The smallest absolute Gasteiger partial charge is 0.267 e. The van der Waals surface area contributed by atoms with Crippen molar-refractivity contribution < 1.29 is 9.59 Å². The molecule has 0 saturated heterocycles. The van der Waals surface area contributed by atoms with Gasteiger partial charge in [0.2, 0.25) is 5.91 Å². The van der Waals surface area contributed by atoms with E-state index in [-0.39, 0.29) is 17.5 Å². The maximum atomic E-state index is 12.0. The summed E-state index contributed by atoms with van der Waals surface area (Å²) in [5.74, 6) is -0.713. The second-order valence-electron chi connectivity index (χ2n) is 4.78. The molecule has 4 nitrogen and oxygen atoms in total. The predicted molar refractivity (Wildman–Crippen MR) is 92.1 cm³/mol. The van der Waals surface area contributed by atoms with Crippen LogP contribution >= 0.6 is 0 Å². The number of rotatable bonds is 5. The lowest BCUT2D eigenvalue weighted by molar-refractivity contribution is -0.120. The van der Waals surface area contributed by atoms with Crippen LogP contribution in [0.3, 0.4) is 0 Å². The van der Waals surface area contributed by atoms with E-state index in [2.05, 4.69) is 10.6 Å². The van der Waals surface area contributed by atoms with Crippen molar-refractivity contribution in [2.45, 2.75) is 0 Å². The van der Waals surface area contributed by atoms with E-state index >= 15 is 0 Å². The zero-order valence-electron chi connectivity index (χ0n) is 12.8. The number of benzene rings is 2.